The van der Waals surface area contributed by atoms with Gasteiger partial charge in [0.25, 0.3) is 7.82 Å². The van der Waals surface area contributed by atoms with E-state index in [-0.39, 0.29) is 26.1 Å². The Morgan fingerprint density at radius 3 is 1.23 bits per heavy atom. The van der Waals surface area contributed by atoms with Gasteiger partial charge in [-0.05, 0) is 96.3 Å². The average Bonchev–Trinajstić information content (AvgIpc) is 3.27. The molecule has 10 heteroatoms. The molecule has 0 saturated heterocycles. The fourth-order valence-electron chi connectivity index (χ4n) is 6.38. The number of allylic oxidation sites excluding steroid dienone is 18. The van der Waals surface area contributed by atoms with Crippen molar-refractivity contribution in [3.63, 3.8) is 0 Å². The van der Waals surface area contributed by atoms with Crippen LogP contribution in [-0.4, -0.2) is 70.0 Å². The van der Waals surface area contributed by atoms with Crippen molar-refractivity contribution in [2.45, 2.75) is 187 Å². The summed E-state index contributed by atoms with van der Waals surface area (Å²) in [5.41, 5.74) is 0. The average molecular weight is 940 g/mol. The molecule has 2 unspecified atom stereocenters. The first-order valence-electron chi connectivity index (χ1n) is 25.6. The molecule has 0 aliphatic heterocycles. The van der Waals surface area contributed by atoms with Gasteiger partial charge in [-0.15, -0.1) is 0 Å². The molecule has 0 aliphatic carbocycles. The highest BCUT2D eigenvalue weighted by Gasteiger charge is 2.21. The van der Waals surface area contributed by atoms with Gasteiger partial charge < -0.3 is 27.9 Å². The molecule has 2 atom stereocenters. The zero-order valence-electron chi connectivity index (χ0n) is 42.3. The van der Waals surface area contributed by atoms with E-state index < -0.39 is 32.5 Å². The maximum Gasteiger partial charge on any atom is 0.306 e. The Bertz CT molecular complexity index is 1480. The van der Waals surface area contributed by atoms with Crippen molar-refractivity contribution in [3.8, 4) is 0 Å². The summed E-state index contributed by atoms with van der Waals surface area (Å²) < 4.78 is 34.0. The topological polar surface area (TPSA) is 111 Å². The summed E-state index contributed by atoms with van der Waals surface area (Å²) >= 11 is 0. The molecular weight excluding hydrogens is 846 g/mol. The number of nitrogens with zero attached hydrogens (tertiary/aromatic N) is 1. The first-order chi connectivity index (χ1) is 32.0. The third kappa shape index (κ3) is 50.1. The van der Waals surface area contributed by atoms with Crippen molar-refractivity contribution in [2.75, 3.05) is 47.5 Å². The minimum absolute atomic E-state index is 0.0424. The van der Waals surface area contributed by atoms with Crippen LogP contribution in [0.25, 0.3) is 0 Å². The lowest BCUT2D eigenvalue weighted by atomic mass is 10.0. The maximum atomic E-state index is 12.7. The van der Waals surface area contributed by atoms with E-state index in [9.17, 15) is 19.0 Å². The smallest absolute Gasteiger partial charge is 0.306 e. The van der Waals surface area contributed by atoms with Gasteiger partial charge in [-0.25, -0.2) is 0 Å². The molecule has 0 spiro atoms. The first kappa shape index (κ1) is 62.7. The van der Waals surface area contributed by atoms with Gasteiger partial charge in [0, 0.05) is 12.8 Å². The maximum absolute atomic E-state index is 12.7. The number of hydrogen-bond acceptors (Lipinski definition) is 8. The normalized spacial score (nSPS) is 14.3. The molecule has 0 aromatic rings. The minimum atomic E-state index is -4.64. The Labute approximate surface area is 404 Å². The van der Waals surface area contributed by atoms with Crippen molar-refractivity contribution >= 4 is 19.8 Å². The lowest BCUT2D eigenvalue weighted by molar-refractivity contribution is -0.870. The Hall–Kier alpha value is -3.33. The third-order valence-electron chi connectivity index (χ3n) is 10.3. The number of unbranched alkanes of at least 4 members (excludes halogenated alkanes) is 13. The van der Waals surface area contributed by atoms with Crippen molar-refractivity contribution < 1.29 is 42.1 Å². The number of phosphoric ester groups is 1. The molecule has 0 radical (unpaired) electrons. The van der Waals surface area contributed by atoms with Crippen LogP contribution in [0.15, 0.2) is 109 Å². The zero-order chi connectivity index (χ0) is 48.5. The summed E-state index contributed by atoms with van der Waals surface area (Å²) in [7, 11) is 1.13. The molecule has 0 heterocycles. The van der Waals surface area contributed by atoms with Crippen molar-refractivity contribution in [3.05, 3.63) is 109 Å². The Balaban J connectivity index is 4.23. The fraction of sp³-hybridized carbons (Fsp3) is 0.643. The van der Waals surface area contributed by atoms with Gasteiger partial charge >= 0.3 is 11.9 Å². The summed E-state index contributed by atoms with van der Waals surface area (Å²) in [4.78, 5) is 37.7. The van der Waals surface area contributed by atoms with Crippen LogP contribution >= 0.6 is 7.82 Å². The second-order valence-corrected chi connectivity index (χ2v) is 19.2. The Kier molecular flexibility index (Phi) is 44.4. The van der Waals surface area contributed by atoms with E-state index >= 15 is 0 Å². The van der Waals surface area contributed by atoms with Crippen molar-refractivity contribution in [1.82, 2.24) is 0 Å². The molecule has 0 saturated carbocycles. The molecular formula is C56H94NO8P. The SMILES string of the molecule is CC/C=C\C/C=C\C/C=C\C/C=C\C/C=C\C/C=C\CCCCCCCCCCCCC(=O)OC(COC(=O)CCCCC/C=C\C/C=C\C/C=C\CC)COP(=O)([O-])OCC[N+](C)(C)C. The van der Waals surface area contributed by atoms with Gasteiger partial charge in [-0.3, -0.25) is 14.2 Å². The van der Waals surface area contributed by atoms with E-state index in [1.165, 1.54) is 38.5 Å². The molecule has 0 aliphatic rings. The van der Waals surface area contributed by atoms with Crippen molar-refractivity contribution in [2.24, 2.45) is 0 Å². The number of carbonyl (C=O) groups is 2. The Morgan fingerprint density at radius 1 is 0.470 bits per heavy atom. The second kappa shape index (κ2) is 46.8. The monoisotopic (exact) mass is 940 g/mol. The molecule has 0 fully saturated rings. The van der Waals surface area contributed by atoms with E-state index in [0.29, 0.717) is 23.9 Å². The Morgan fingerprint density at radius 2 is 0.818 bits per heavy atom. The van der Waals surface area contributed by atoms with Crippen LogP contribution in [0.2, 0.25) is 0 Å². The van der Waals surface area contributed by atoms with Gasteiger partial charge in [0.15, 0.2) is 6.10 Å². The summed E-state index contributed by atoms with van der Waals surface area (Å²) in [6, 6.07) is 0. The summed E-state index contributed by atoms with van der Waals surface area (Å²) in [6.07, 6.45) is 64.2. The van der Waals surface area contributed by atoms with E-state index in [1.807, 2.05) is 21.1 Å². The number of ether oxygens (including phenoxy) is 2. The van der Waals surface area contributed by atoms with Crippen LogP contribution in [0.3, 0.4) is 0 Å². The predicted octanol–water partition coefficient (Wildman–Crippen LogP) is 14.8. The van der Waals surface area contributed by atoms with Crippen LogP contribution in [0, 0.1) is 0 Å². The number of esters is 2. The first-order valence-corrected chi connectivity index (χ1v) is 27.1. The van der Waals surface area contributed by atoms with Gasteiger partial charge in [0.05, 0.1) is 27.7 Å². The highest BCUT2D eigenvalue weighted by molar-refractivity contribution is 7.45. The lowest BCUT2D eigenvalue weighted by Crippen LogP contribution is -2.37. The van der Waals surface area contributed by atoms with E-state index in [2.05, 4.69) is 123 Å². The highest BCUT2D eigenvalue weighted by Crippen LogP contribution is 2.38. The van der Waals surface area contributed by atoms with Crippen LogP contribution in [-0.2, 0) is 32.7 Å². The zero-order valence-corrected chi connectivity index (χ0v) is 43.2. The summed E-state index contributed by atoms with van der Waals surface area (Å²) in [5.74, 6) is -0.883. The highest BCUT2D eigenvalue weighted by atomic mass is 31.2. The lowest BCUT2D eigenvalue weighted by Gasteiger charge is -2.28. The van der Waals surface area contributed by atoms with Gasteiger partial charge in [0.1, 0.15) is 19.8 Å². The number of phosphoric acid groups is 1. The van der Waals surface area contributed by atoms with E-state index in [1.54, 1.807) is 0 Å². The molecule has 0 N–H and O–H groups in total. The standard InChI is InChI=1S/C56H94NO8P/c1-6-8-10-12-14-16-18-20-21-22-23-24-25-26-27-28-29-30-31-32-33-34-35-37-39-41-43-45-47-49-56(59)65-54(53-64-66(60,61)63-51-50-57(3,4)5)52-62-55(58)48-46-44-42-40-38-36-19-17-15-13-11-9-7-2/h8-11,14-17,20-21,23-24,26-27,29-30,36,38,54H,6-7,12-13,18-19,22,25,28,31-35,37,39-53H2,1-5H3/b10-8-,11-9-,16-14-,17-15-,21-20-,24-23-,27-26-,30-29-,38-36-. The quantitative estimate of drug-likeness (QED) is 0.0195. The molecule has 9 nitrogen and oxygen atoms in total. The number of hydrogen-bond donors (Lipinski definition) is 0. The molecule has 376 valence electrons. The number of likely N-dealkylation sites (N-methyl/N-ethyl adjacent to an activating group) is 1. The van der Waals surface area contributed by atoms with Gasteiger partial charge in [0.2, 0.25) is 0 Å². The molecule has 0 aromatic carbocycles. The number of carbonyl (C=O) groups excluding carboxylic acids is 2. The molecule has 0 rings (SSSR count). The van der Waals surface area contributed by atoms with E-state index in [4.69, 9.17) is 18.5 Å². The summed E-state index contributed by atoms with van der Waals surface area (Å²) in [6.45, 7) is 3.94. The van der Waals surface area contributed by atoms with Crippen LogP contribution < -0.4 is 4.89 Å². The largest absolute Gasteiger partial charge is 0.756 e. The molecule has 0 amide bonds. The van der Waals surface area contributed by atoms with Gasteiger partial charge in [-0.2, -0.15) is 0 Å². The molecule has 0 bridgehead atoms. The van der Waals surface area contributed by atoms with Crippen LogP contribution in [0.1, 0.15) is 181 Å². The minimum Gasteiger partial charge on any atom is -0.756 e. The third-order valence-corrected chi connectivity index (χ3v) is 11.3. The number of quaternary nitrogens is 1. The molecule has 0 aromatic heterocycles. The molecule has 66 heavy (non-hydrogen) atoms. The van der Waals surface area contributed by atoms with Crippen molar-refractivity contribution in [1.29, 1.82) is 0 Å². The van der Waals surface area contributed by atoms with Gasteiger partial charge in [-0.1, -0.05) is 181 Å². The predicted molar refractivity (Wildman–Crippen MR) is 277 cm³/mol. The summed E-state index contributed by atoms with van der Waals surface area (Å²) in [5, 5.41) is 0. The van der Waals surface area contributed by atoms with E-state index in [0.717, 1.165) is 103 Å². The second-order valence-electron chi connectivity index (χ2n) is 17.8. The van der Waals surface area contributed by atoms with Crippen LogP contribution in [0.5, 0.6) is 0 Å². The fourth-order valence-corrected chi connectivity index (χ4v) is 7.11. The number of rotatable bonds is 45. The van der Waals surface area contributed by atoms with Crippen LogP contribution in [0.4, 0.5) is 0 Å².